The van der Waals surface area contributed by atoms with E-state index in [0.29, 0.717) is 21.8 Å². The Hall–Kier alpha value is -1.22. The van der Waals surface area contributed by atoms with E-state index in [4.69, 9.17) is 27.9 Å². The number of hydrogen-bond donors (Lipinski definition) is 1. The van der Waals surface area contributed by atoms with Crippen LogP contribution in [0.1, 0.15) is 18.5 Å². The Morgan fingerprint density at radius 3 is 2.32 bits per heavy atom. The first-order chi connectivity index (χ1) is 9.10. The van der Waals surface area contributed by atoms with E-state index in [1.54, 1.807) is 18.2 Å². The maximum Gasteiger partial charge on any atom is 0.146 e. The van der Waals surface area contributed by atoms with Gasteiger partial charge in [-0.2, -0.15) is 0 Å². The molecule has 1 atom stereocenters. The third-order valence-electron chi connectivity index (χ3n) is 2.93. The van der Waals surface area contributed by atoms with Gasteiger partial charge in [0.05, 0.1) is 5.02 Å². The monoisotopic (exact) mass is 295 g/mol. The molecular formula is C15H15Cl2NO. The second-order valence-electron chi connectivity index (χ2n) is 4.26. The molecule has 2 aromatic rings. The maximum absolute atomic E-state index is 6.06. The van der Waals surface area contributed by atoms with Crippen molar-refractivity contribution in [2.24, 2.45) is 0 Å². The lowest BCUT2D eigenvalue weighted by Crippen LogP contribution is -2.11. The van der Waals surface area contributed by atoms with E-state index in [9.17, 15) is 0 Å². The molecule has 0 fully saturated rings. The first-order valence-corrected chi connectivity index (χ1v) is 6.76. The molecule has 1 unspecified atom stereocenters. The molecule has 0 saturated heterocycles. The predicted molar refractivity (Wildman–Crippen MR) is 80.5 cm³/mol. The lowest BCUT2D eigenvalue weighted by atomic mass is 10.1. The summed E-state index contributed by atoms with van der Waals surface area (Å²) in [4.78, 5) is 0. The summed E-state index contributed by atoms with van der Waals surface area (Å²) < 4.78 is 5.72. The largest absolute Gasteiger partial charge is 0.456 e. The minimum Gasteiger partial charge on any atom is -0.456 e. The van der Waals surface area contributed by atoms with E-state index >= 15 is 0 Å². The van der Waals surface area contributed by atoms with Crippen molar-refractivity contribution < 1.29 is 4.74 Å². The summed E-state index contributed by atoms with van der Waals surface area (Å²) in [6.45, 7) is 2.10. The van der Waals surface area contributed by atoms with Gasteiger partial charge in [-0.3, -0.25) is 0 Å². The number of benzene rings is 2. The van der Waals surface area contributed by atoms with Gasteiger partial charge < -0.3 is 10.1 Å². The van der Waals surface area contributed by atoms with Gasteiger partial charge in [-0.1, -0.05) is 35.3 Å². The van der Waals surface area contributed by atoms with Gasteiger partial charge in [0, 0.05) is 11.1 Å². The summed E-state index contributed by atoms with van der Waals surface area (Å²) in [5.41, 5.74) is 1.21. The SMILES string of the molecule is CNC(C)c1ccc(Oc2ccc(Cl)cc2Cl)cc1. The molecule has 0 aromatic heterocycles. The molecule has 0 aliphatic heterocycles. The van der Waals surface area contributed by atoms with Crippen LogP contribution in [0.2, 0.25) is 10.0 Å². The molecular weight excluding hydrogens is 281 g/mol. The summed E-state index contributed by atoms with van der Waals surface area (Å²) in [5.74, 6) is 1.34. The van der Waals surface area contributed by atoms with Crippen molar-refractivity contribution in [3.05, 3.63) is 58.1 Å². The van der Waals surface area contributed by atoms with Crippen LogP contribution in [0, 0.1) is 0 Å². The van der Waals surface area contributed by atoms with Crippen LogP contribution >= 0.6 is 23.2 Å². The highest BCUT2D eigenvalue weighted by atomic mass is 35.5. The average Bonchev–Trinajstić information content (AvgIpc) is 2.42. The van der Waals surface area contributed by atoms with Crippen LogP contribution in [0.3, 0.4) is 0 Å². The molecule has 0 amide bonds. The van der Waals surface area contributed by atoms with Gasteiger partial charge in [0.1, 0.15) is 11.5 Å². The van der Waals surface area contributed by atoms with Crippen molar-refractivity contribution in [1.82, 2.24) is 5.32 Å². The van der Waals surface area contributed by atoms with Crippen molar-refractivity contribution >= 4 is 23.2 Å². The minimum absolute atomic E-state index is 0.313. The molecule has 0 saturated carbocycles. The molecule has 2 rings (SSSR count). The fraction of sp³-hybridized carbons (Fsp3) is 0.200. The maximum atomic E-state index is 6.06. The lowest BCUT2D eigenvalue weighted by molar-refractivity contribution is 0.482. The van der Waals surface area contributed by atoms with Crippen molar-refractivity contribution in [3.63, 3.8) is 0 Å². The molecule has 0 aliphatic rings. The Bertz CT molecular complexity index is 555. The van der Waals surface area contributed by atoms with Crippen LogP contribution in [0.15, 0.2) is 42.5 Å². The summed E-state index contributed by atoms with van der Waals surface area (Å²) >= 11 is 11.9. The fourth-order valence-corrected chi connectivity index (χ4v) is 2.12. The van der Waals surface area contributed by atoms with Crippen molar-refractivity contribution in [2.75, 3.05) is 7.05 Å². The number of nitrogens with one attached hydrogen (secondary N) is 1. The zero-order valence-corrected chi connectivity index (χ0v) is 12.3. The number of hydrogen-bond acceptors (Lipinski definition) is 2. The lowest BCUT2D eigenvalue weighted by Gasteiger charge is -2.12. The Morgan fingerprint density at radius 1 is 1.05 bits per heavy atom. The zero-order chi connectivity index (χ0) is 13.8. The third-order valence-corrected chi connectivity index (χ3v) is 3.47. The van der Waals surface area contributed by atoms with E-state index in [1.807, 2.05) is 31.3 Å². The fourth-order valence-electron chi connectivity index (χ4n) is 1.68. The van der Waals surface area contributed by atoms with Crippen LogP contribution < -0.4 is 10.1 Å². The van der Waals surface area contributed by atoms with Crippen LogP contribution in [-0.4, -0.2) is 7.05 Å². The van der Waals surface area contributed by atoms with Gasteiger partial charge in [-0.05, 0) is 49.9 Å². The Morgan fingerprint density at radius 2 is 1.74 bits per heavy atom. The second kappa shape index (κ2) is 6.29. The van der Waals surface area contributed by atoms with Gasteiger partial charge in [0.2, 0.25) is 0 Å². The topological polar surface area (TPSA) is 21.3 Å². The van der Waals surface area contributed by atoms with Crippen LogP contribution in [0.25, 0.3) is 0 Å². The first-order valence-electron chi connectivity index (χ1n) is 6.00. The average molecular weight is 296 g/mol. The number of ether oxygens (including phenoxy) is 1. The third kappa shape index (κ3) is 3.63. The molecule has 19 heavy (non-hydrogen) atoms. The van der Waals surface area contributed by atoms with Gasteiger partial charge in [-0.25, -0.2) is 0 Å². The molecule has 0 spiro atoms. The van der Waals surface area contributed by atoms with E-state index < -0.39 is 0 Å². The molecule has 2 nitrogen and oxygen atoms in total. The highest BCUT2D eigenvalue weighted by molar-refractivity contribution is 6.35. The van der Waals surface area contributed by atoms with Gasteiger partial charge >= 0.3 is 0 Å². The highest BCUT2D eigenvalue weighted by Gasteiger charge is 2.05. The molecule has 0 bridgehead atoms. The molecule has 100 valence electrons. The van der Waals surface area contributed by atoms with Crippen molar-refractivity contribution in [3.8, 4) is 11.5 Å². The van der Waals surface area contributed by atoms with Gasteiger partial charge in [-0.15, -0.1) is 0 Å². The minimum atomic E-state index is 0.313. The Kier molecular flexibility index (Phi) is 4.70. The molecule has 0 aliphatic carbocycles. The summed E-state index contributed by atoms with van der Waals surface area (Å²) in [6.07, 6.45) is 0. The van der Waals surface area contributed by atoms with Crippen molar-refractivity contribution in [2.45, 2.75) is 13.0 Å². The molecule has 0 radical (unpaired) electrons. The molecule has 2 aromatic carbocycles. The summed E-state index contributed by atoms with van der Waals surface area (Å²) in [6, 6.07) is 13.4. The number of halogens is 2. The van der Waals surface area contributed by atoms with Crippen LogP contribution in [-0.2, 0) is 0 Å². The smallest absolute Gasteiger partial charge is 0.146 e. The van der Waals surface area contributed by atoms with Crippen molar-refractivity contribution in [1.29, 1.82) is 0 Å². The Balaban J connectivity index is 2.15. The van der Waals surface area contributed by atoms with E-state index in [1.165, 1.54) is 5.56 Å². The molecule has 4 heteroatoms. The zero-order valence-electron chi connectivity index (χ0n) is 10.8. The molecule has 0 heterocycles. The Labute approximate surface area is 123 Å². The quantitative estimate of drug-likeness (QED) is 0.850. The number of rotatable bonds is 4. The molecule has 1 N–H and O–H groups in total. The highest BCUT2D eigenvalue weighted by Crippen LogP contribution is 2.31. The van der Waals surface area contributed by atoms with Crippen LogP contribution in [0.5, 0.6) is 11.5 Å². The second-order valence-corrected chi connectivity index (χ2v) is 5.10. The van der Waals surface area contributed by atoms with E-state index in [0.717, 1.165) is 5.75 Å². The van der Waals surface area contributed by atoms with Gasteiger partial charge in [0.25, 0.3) is 0 Å². The standard InChI is InChI=1S/C15H15Cl2NO/c1-10(18-2)11-3-6-13(7-4-11)19-15-8-5-12(16)9-14(15)17/h3-10,18H,1-2H3. The summed E-state index contributed by atoms with van der Waals surface area (Å²) in [7, 11) is 1.93. The normalized spacial score (nSPS) is 12.2. The van der Waals surface area contributed by atoms with Crippen LogP contribution in [0.4, 0.5) is 0 Å². The van der Waals surface area contributed by atoms with E-state index in [2.05, 4.69) is 12.2 Å². The van der Waals surface area contributed by atoms with E-state index in [-0.39, 0.29) is 0 Å². The summed E-state index contributed by atoms with van der Waals surface area (Å²) in [5, 5.41) is 4.28. The first kappa shape index (κ1) is 14.2. The predicted octanol–water partition coefficient (Wildman–Crippen LogP) is 5.07. The van der Waals surface area contributed by atoms with Gasteiger partial charge in [0.15, 0.2) is 0 Å².